The number of benzene rings is 1. The number of rotatable bonds is 7. The van der Waals surface area contributed by atoms with Gasteiger partial charge in [0, 0.05) is 18.3 Å². The van der Waals surface area contributed by atoms with Gasteiger partial charge in [-0.3, -0.25) is 9.78 Å². The Balaban J connectivity index is 1.68. The Labute approximate surface area is 129 Å². The van der Waals surface area contributed by atoms with Gasteiger partial charge in [0.25, 0.3) is 0 Å². The fourth-order valence-electron chi connectivity index (χ4n) is 1.92. The summed E-state index contributed by atoms with van der Waals surface area (Å²) >= 11 is 0. The van der Waals surface area contributed by atoms with Gasteiger partial charge in [-0.25, -0.2) is 4.39 Å². The molecule has 0 fully saturated rings. The molecule has 2 aromatic rings. The number of ether oxygens (including phenoxy) is 1. The Kier molecular flexibility index (Phi) is 5.89. The zero-order chi connectivity index (χ0) is 15.8. The highest BCUT2D eigenvalue weighted by Gasteiger charge is 2.07. The monoisotopic (exact) mass is 302 g/mol. The number of aromatic nitrogens is 1. The van der Waals surface area contributed by atoms with Crippen molar-refractivity contribution in [1.29, 1.82) is 0 Å². The third-order valence-corrected chi connectivity index (χ3v) is 3.07. The number of carbonyl (C=O) groups excluding carboxylic acids is 1. The van der Waals surface area contributed by atoms with Crippen LogP contribution in [0.4, 0.5) is 4.39 Å². The van der Waals surface area contributed by atoms with E-state index in [9.17, 15) is 9.18 Å². The summed E-state index contributed by atoms with van der Waals surface area (Å²) in [4.78, 5) is 15.9. The molecule has 4 nitrogen and oxygen atoms in total. The number of carbonyl (C=O) groups is 1. The number of nitrogens with one attached hydrogen (secondary N) is 1. The standard InChI is InChI=1S/C17H19FN2O2/c1-13(22-16-8-5-14(18)6-9-16)12-20-17(21)10-7-15-4-2-3-11-19-15/h2-6,8-9,11,13H,7,10,12H2,1H3,(H,20,21). The SMILES string of the molecule is CC(CNC(=O)CCc1ccccn1)Oc1ccc(F)cc1. The van der Waals surface area contributed by atoms with Crippen molar-refractivity contribution in [3.8, 4) is 5.75 Å². The zero-order valence-electron chi connectivity index (χ0n) is 12.5. The van der Waals surface area contributed by atoms with E-state index in [-0.39, 0.29) is 17.8 Å². The van der Waals surface area contributed by atoms with Crippen LogP contribution in [0.25, 0.3) is 0 Å². The van der Waals surface area contributed by atoms with Gasteiger partial charge in [-0.05, 0) is 49.7 Å². The zero-order valence-corrected chi connectivity index (χ0v) is 12.5. The summed E-state index contributed by atoms with van der Waals surface area (Å²) in [6, 6.07) is 11.5. The van der Waals surface area contributed by atoms with Crippen molar-refractivity contribution in [2.75, 3.05) is 6.54 Å². The summed E-state index contributed by atoms with van der Waals surface area (Å²) in [5, 5.41) is 2.82. The summed E-state index contributed by atoms with van der Waals surface area (Å²) in [6.07, 6.45) is 2.52. The van der Waals surface area contributed by atoms with Crippen LogP contribution >= 0.6 is 0 Å². The van der Waals surface area contributed by atoms with Crippen LogP contribution < -0.4 is 10.1 Å². The average molecular weight is 302 g/mol. The molecule has 0 aliphatic heterocycles. The van der Waals surface area contributed by atoms with Crippen molar-refractivity contribution in [1.82, 2.24) is 10.3 Å². The van der Waals surface area contributed by atoms with E-state index in [1.807, 2.05) is 25.1 Å². The molecule has 1 aromatic heterocycles. The average Bonchev–Trinajstić information content (AvgIpc) is 2.54. The van der Waals surface area contributed by atoms with Crippen LogP contribution in [0.5, 0.6) is 5.75 Å². The van der Waals surface area contributed by atoms with Gasteiger partial charge in [-0.2, -0.15) is 0 Å². The van der Waals surface area contributed by atoms with E-state index in [4.69, 9.17) is 4.74 Å². The van der Waals surface area contributed by atoms with Crippen molar-refractivity contribution in [2.24, 2.45) is 0 Å². The van der Waals surface area contributed by atoms with Gasteiger partial charge >= 0.3 is 0 Å². The Bertz CT molecular complexity index is 587. The second-order valence-corrected chi connectivity index (χ2v) is 5.01. The normalized spacial score (nSPS) is 11.7. The molecule has 0 saturated heterocycles. The van der Waals surface area contributed by atoms with Crippen molar-refractivity contribution in [3.63, 3.8) is 0 Å². The quantitative estimate of drug-likeness (QED) is 0.855. The van der Waals surface area contributed by atoms with Crippen molar-refractivity contribution in [3.05, 3.63) is 60.2 Å². The molecule has 0 saturated carbocycles. The molecule has 1 unspecified atom stereocenters. The number of aryl methyl sites for hydroxylation is 1. The Morgan fingerprint density at radius 3 is 2.73 bits per heavy atom. The Morgan fingerprint density at radius 1 is 1.27 bits per heavy atom. The van der Waals surface area contributed by atoms with Gasteiger partial charge in [0.2, 0.25) is 5.91 Å². The van der Waals surface area contributed by atoms with E-state index in [1.165, 1.54) is 12.1 Å². The minimum atomic E-state index is -0.303. The molecule has 1 aromatic carbocycles. The highest BCUT2D eigenvalue weighted by molar-refractivity contribution is 5.76. The van der Waals surface area contributed by atoms with Crippen LogP contribution in [0.3, 0.4) is 0 Å². The predicted molar refractivity (Wildman–Crippen MR) is 82.1 cm³/mol. The number of nitrogens with zero attached hydrogens (tertiary/aromatic N) is 1. The molecule has 0 bridgehead atoms. The number of pyridine rings is 1. The third kappa shape index (κ3) is 5.52. The van der Waals surface area contributed by atoms with Crippen LogP contribution in [-0.2, 0) is 11.2 Å². The van der Waals surface area contributed by atoms with Crippen molar-refractivity contribution < 1.29 is 13.9 Å². The maximum Gasteiger partial charge on any atom is 0.220 e. The first-order valence-electron chi connectivity index (χ1n) is 7.22. The van der Waals surface area contributed by atoms with E-state index in [2.05, 4.69) is 10.3 Å². The van der Waals surface area contributed by atoms with Crippen LogP contribution in [0.2, 0.25) is 0 Å². The lowest BCUT2D eigenvalue weighted by Crippen LogP contribution is -2.33. The van der Waals surface area contributed by atoms with Crippen LogP contribution in [-0.4, -0.2) is 23.5 Å². The van der Waals surface area contributed by atoms with Gasteiger partial charge < -0.3 is 10.1 Å². The lowest BCUT2D eigenvalue weighted by molar-refractivity contribution is -0.121. The number of hydrogen-bond donors (Lipinski definition) is 1. The lowest BCUT2D eigenvalue weighted by Gasteiger charge is -2.15. The Morgan fingerprint density at radius 2 is 2.05 bits per heavy atom. The smallest absolute Gasteiger partial charge is 0.220 e. The van der Waals surface area contributed by atoms with Gasteiger partial charge in [0.05, 0.1) is 6.54 Å². The molecule has 1 N–H and O–H groups in total. The third-order valence-electron chi connectivity index (χ3n) is 3.07. The lowest BCUT2D eigenvalue weighted by atomic mass is 10.2. The van der Waals surface area contributed by atoms with Gasteiger partial charge in [-0.15, -0.1) is 0 Å². The van der Waals surface area contributed by atoms with E-state index in [0.29, 0.717) is 25.1 Å². The summed E-state index contributed by atoms with van der Waals surface area (Å²) in [5.41, 5.74) is 0.897. The predicted octanol–water partition coefficient (Wildman–Crippen LogP) is 2.74. The highest BCUT2D eigenvalue weighted by atomic mass is 19.1. The first-order chi connectivity index (χ1) is 10.6. The van der Waals surface area contributed by atoms with Crippen LogP contribution in [0, 0.1) is 5.82 Å². The largest absolute Gasteiger partial charge is 0.489 e. The van der Waals surface area contributed by atoms with Gasteiger partial charge in [-0.1, -0.05) is 6.07 Å². The molecular weight excluding hydrogens is 283 g/mol. The molecule has 5 heteroatoms. The van der Waals surface area contributed by atoms with E-state index in [1.54, 1.807) is 18.3 Å². The number of halogens is 1. The van der Waals surface area contributed by atoms with E-state index in [0.717, 1.165) is 5.69 Å². The fraction of sp³-hybridized carbons (Fsp3) is 0.294. The first kappa shape index (κ1) is 15.9. The molecular formula is C17H19FN2O2. The molecule has 1 atom stereocenters. The van der Waals surface area contributed by atoms with Crippen molar-refractivity contribution in [2.45, 2.75) is 25.9 Å². The summed E-state index contributed by atoms with van der Waals surface area (Å²) < 4.78 is 18.4. The van der Waals surface area contributed by atoms with Crippen LogP contribution in [0.15, 0.2) is 48.7 Å². The molecule has 22 heavy (non-hydrogen) atoms. The number of amides is 1. The van der Waals surface area contributed by atoms with Gasteiger partial charge in [0.1, 0.15) is 17.7 Å². The van der Waals surface area contributed by atoms with Crippen LogP contribution in [0.1, 0.15) is 19.0 Å². The molecule has 116 valence electrons. The molecule has 1 amide bonds. The summed E-state index contributed by atoms with van der Waals surface area (Å²) in [6.45, 7) is 2.25. The summed E-state index contributed by atoms with van der Waals surface area (Å²) in [5.74, 6) is 0.236. The fourth-order valence-corrected chi connectivity index (χ4v) is 1.92. The molecule has 1 heterocycles. The maximum atomic E-state index is 12.8. The molecule has 0 aliphatic rings. The molecule has 0 spiro atoms. The molecule has 0 radical (unpaired) electrons. The highest BCUT2D eigenvalue weighted by Crippen LogP contribution is 2.12. The Hall–Kier alpha value is -2.43. The second kappa shape index (κ2) is 8.12. The minimum Gasteiger partial charge on any atom is -0.489 e. The number of hydrogen-bond acceptors (Lipinski definition) is 3. The van der Waals surface area contributed by atoms with E-state index >= 15 is 0 Å². The topological polar surface area (TPSA) is 51.2 Å². The molecule has 0 aliphatic carbocycles. The van der Waals surface area contributed by atoms with Gasteiger partial charge in [0.15, 0.2) is 0 Å². The first-order valence-corrected chi connectivity index (χ1v) is 7.22. The van der Waals surface area contributed by atoms with E-state index < -0.39 is 0 Å². The maximum absolute atomic E-state index is 12.8. The second-order valence-electron chi connectivity index (χ2n) is 5.01. The summed E-state index contributed by atoms with van der Waals surface area (Å²) in [7, 11) is 0. The minimum absolute atomic E-state index is 0.0415. The van der Waals surface area contributed by atoms with Crippen molar-refractivity contribution >= 4 is 5.91 Å². The molecule has 2 rings (SSSR count).